The third kappa shape index (κ3) is 3.16. The van der Waals surface area contributed by atoms with E-state index >= 15 is 0 Å². The maximum absolute atomic E-state index is 11.2. The molecule has 1 amide bonds. The van der Waals surface area contributed by atoms with Crippen LogP contribution in [0.5, 0.6) is 0 Å². The summed E-state index contributed by atoms with van der Waals surface area (Å²) in [6.45, 7) is 1.42. The van der Waals surface area contributed by atoms with E-state index in [9.17, 15) is 4.79 Å². The van der Waals surface area contributed by atoms with Crippen molar-refractivity contribution in [3.05, 3.63) is 39.9 Å². The second-order valence-electron chi connectivity index (χ2n) is 3.90. The van der Waals surface area contributed by atoms with Crippen molar-refractivity contribution < 1.29 is 9.32 Å². The topological polar surface area (TPSA) is 84.4 Å². The van der Waals surface area contributed by atoms with Crippen LogP contribution in [0.3, 0.4) is 0 Å². The van der Waals surface area contributed by atoms with Crippen molar-refractivity contribution in [2.45, 2.75) is 13.1 Å². The summed E-state index contributed by atoms with van der Waals surface area (Å²) in [5.74, 6) is 5.19. The quantitative estimate of drug-likeness (QED) is 0.478. The molecule has 0 fully saturated rings. The Bertz CT molecular complexity index is 509. The zero-order valence-corrected chi connectivity index (χ0v) is 10.7. The van der Waals surface area contributed by atoms with E-state index in [1.165, 1.54) is 4.88 Å². The summed E-state index contributed by atoms with van der Waals surface area (Å²) in [5, 5.41) is 5.69. The molecule has 2 aromatic heterocycles. The molecule has 0 aliphatic heterocycles. The van der Waals surface area contributed by atoms with Gasteiger partial charge >= 0.3 is 0 Å². The van der Waals surface area contributed by atoms with Crippen LogP contribution in [0.1, 0.15) is 21.1 Å². The van der Waals surface area contributed by atoms with Crippen LogP contribution in [0.2, 0.25) is 0 Å². The van der Waals surface area contributed by atoms with Gasteiger partial charge in [-0.3, -0.25) is 15.1 Å². The standard InChI is InChI=1S/C11H14N4O2S/c1-15(7-9-3-2-4-18-9)6-8-5-10(14-17-8)11(16)13-12/h2-5H,6-7,12H2,1H3,(H,13,16). The van der Waals surface area contributed by atoms with Gasteiger partial charge in [0.25, 0.3) is 5.91 Å². The van der Waals surface area contributed by atoms with Crippen molar-refractivity contribution in [3.8, 4) is 0 Å². The molecule has 18 heavy (non-hydrogen) atoms. The molecule has 0 spiro atoms. The molecule has 0 bridgehead atoms. The Morgan fingerprint density at radius 1 is 1.61 bits per heavy atom. The largest absolute Gasteiger partial charge is 0.359 e. The normalized spacial score (nSPS) is 10.8. The molecule has 3 N–H and O–H groups in total. The van der Waals surface area contributed by atoms with Crippen molar-refractivity contribution in [2.24, 2.45) is 5.84 Å². The number of hydrazine groups is 1. The van der Waals surface area contributed by atoms with Crippen LogP contribution in [-0.2, 0) is 13.1 Å². The van der Waals surface area contributed by atoms with Gasteiger partial charge in [-0.25, -0.2) is 5.84 Å². The molecule has 0 saturated heterocycles. The minimum atomic E-state index is -0.453. The average Bonchev–Trinajstić information content (AvgIpc) is 2.99. The molecule has 6 nitrogen and oxygen atoms in total. The van der Waals surface area contributed by atoms with Gasteiger partial charge in [0.05, 0.1) is 6.54 Å². The van der Waals surface area contributed by atoms with Gasteiger partial charge in [-0.05, 0) is 18.5 Å². The molecule has 0 aliphatic rings. The molecule has 7 heteroatoms. The van der Waals surface area contributed by atoms with Crippen LogP contribution >= 0.6 is 11.3 Å². The monoisotopic (exact) mass is 266 g/mol. The molecule has 0 radical (unpaired) electrons. The van der Waals surface area contributed by atoms with Crippen LogP contribution < -0.4 is 11.3 Å². The van der Waals surface area contributed by atoms with Gasteiger partial charge in [0.15, 0.2) is 11.5 Å². The molecule has 0 saturated carbocycles. The molecular formula is C11H14N4O2S. The molecule has 2 rings (SSSR count). The predicted octanol–water partition coefficient (Wildman–Crippen LogP) is 0.972. The van der Waals surface area contributed by atoms with Crippen molar-refractivity contribution in [2.75, 3.05) is 7.05 Å². The number of carbonyl (C=O) groups is 1. The third-order valence-corrected chi connectivity index (χ3v) is 3.22. The highest BCUT2D eigenvalue weighted by Gasteiger charge is 2.12. The number of carbonyl (C=O) groups excluding carboxylic acids is 1. The van der Waals surface area contributed by atoms with Gasteiger partial charge in [0.1, 0.15) is 0 Å². The Morgan fingerprint density at radius 3 is 3.11 bits per heavy atom. The first kappa shape index (κ1) is 12.7. The first-order chi connectivity index (χ1) is 8.69. The summed E-state index contributed by atoms with van der Waals surface area (Å²) >= 11 is 1.71. The summed E-state index contributed by atoms with van der Waals surface area (Å²) in [6.07, 6.45) is 0. The Balaban J connectivity index is 1.92. The summed E-state index contributed by atoms with van der Waals surface area (Å²) < 4.78 is 5.07. The number of hydrogen-bond acceptors (Lipinski definition) is 6. The zero-order valence-electron chi connectivity index (χ0n) is 9.92. The van der Waals surface area contributed by atoms with Gasteiger partial charge in [0.2, 0.25) is 0 Å². The number of nitrogens with zero attached hydrogens (tertiary/aromatic N) is 2. The van der Waals surface area contributed by atoms with Gasteiger partial charge in [0, 0.05) is 17.5 Å². The van der Waals surface area contributed by atoms with E-state index in [2.05, 4.69) is 16.1 Å². The third-order valence-electron chi connectivity index (χ3n) is 2.35. The lowest BCUT2D eigenvalue weighted by atomic mass is 10.3. The van der Waals surface area contributed by atoms with Crippen molar-refractivity contribution >= 4 is 17.2 Å². The molecule has 96 valence electrons. The number of amides is 1. The molecular weight excluding hydrogens is 252 g/mol. The molecule has 0 atom stereocenters. The van der Waals surface area contributed by atoms with Crippen LogP contribution in [0.15, 0.2) is 28.1 Å². The lowest BCUT2D eigenvalue weighted by Gasteiger charge is -2.12. The van der Waals surface area contributed by atoms with Crippen LogP contribution in [0.4, 0.5) is 0 Å². The van der Waals surface area contributed by atoms with E-state index in [-0.39, 0.29) is 5.69 Å². The zero-order chi connectivity index (χ0) is 13.0. The summed E-state index contributed by atoms with van der Waals surface area (Å²) in [4.78, 5) is 14.6. The van der Waals surface area contributed by atoms with E-state index < -0.39 is 5.91 Å². The van der Waals surface area contributed by atoms with Crippen LogP contribution in [-0.4, -0.2) is 23.0 Å². The lowest BCUT2D eigenvalue weighted by molar-refractivity contribution is 0.0944. The Hall–Kier alpha value is -1.70. The van der Waals surface area contributed by atoms with E-state index in [1.54, 1.807) is 17.4 Å². The van der Waals surface area contributed by atoms with Crippen molar-refractivity contribution in [1.82, 2.24) is 15.5 Å². The van der Waals surface area contributed by atoms with Gasteiger partial charge in [-0.1, -0.05) is 11.2 Å². The second-order valence-corrected chi connectivity index (χ2v) is 4.94. The van der Waals surface area contributed by atoms with Crippen LogP contribution in [0.25, 0.3) is 0 Å². The van der Waals surface area contributed by atoms with E-state index in [1.807, 2.05) is 23.9 Å². The number of thiophene rings is 1. The fourth-order valence-corrected chi connectivity index (χ4v) is 2.34. The number of nitrogens with one attached hydrogen (secondary N) is 1. The molecule has 0 aromatic carbocycles. The van der Waals surface area contributed by atoms with Crippen molar-refractivity contribution in [3.63, 3.8) is 0 Å². The molecule has 2 heterocycles. The fourth-order valence-electron chi connectivity index (χ4n) is 1.56. The average molecular weight is 266 g/mol. The molecule has 0 aliphatic carbocycles. The highest BCUT2D eigenvalue weighted by atomic mass is 32.1. The van der Waals surface area contributed by atoms with Gasteiger partial charge < -0.3 is 4.52 Å². The minimum Gasteiger partial charge on any atom is -0.359 e. The number of nitrogens with two attached hydrogens (primary N) is 1. The van der Waals surface area contributed by atoms with Crippen molar-refractivity contribution in [1.29, 1.82) is 0 Å². The second kappa shape index (κ2) is 5.76. The van der Waals surface area contributed by atoms with E-state index in [0.717, 1.165) is 6.54 Å². The number of aromatic nitrogens is 1. The first-order valence-electron chi connectivity index (χ1n) is 5.36. The van der Waals surface area contributed by atoms with E-state index in [4.69, 9.17) is 10.4 Å². The first-order valence-corrected chi connectivity index (χ1v) is 6.24. The number of rotatable bonds is 5. The summed E-state index contributed by atoms with van der Waals surface area (Å²) in [6, 6.07) is 5.69. The smallest absolute Gasteiger partial charge is 0.287 e. The summed E-state index contributed by atoms with van der Waals surface area (Å²) in [7, 11) is 1.98. The lowest BCUT2D eigenvalue weighted by Crippen LogP contribution is -2.30. The highest BCUT2D eigenvalue weighted by Crippen LogP contribution is 2.13. The molecule has 2 aromatic rings. The minimum absolute atomic E-state index is 0.192. The molecule has 0 unspecified atom stereocenters. The SMILES string of the molecule is CN(Cc1cc(C(=O)NN)no1)Cc1cccs1. The summed E-state index contributed by atoms with van der Waals surface area (Å²) in [5.41, 5.74) is 2.20. The van der Waals surface area contributed by atoms with Gasteiger partial charge in [-0.15, -0.1) is 11.3 Å². The van der Waals surface area contributed by atoms with Gasteiger partial charge in [-0.2, -0.15) is 0 Å². The predicted molar refractivity (Wildman–Crippen MR) is 67.6 cm³/mol. The highest BCUT2D eigenvalue weighted by molar-refractivity contribution is 7.09. The Morgan fingerprint density at radius 2 is 2.44 bits per heavy atom. The fraction of sp³-hybridized carbons (Fsp3) is 0.273. The van der Waals surface area contributed by atoms with E-state index in [0.29, 0.717) is 12.3 Å². The Labute approximate surface area is 108 Å². The maximum Gasteiger partial charge on any atom is 0.287 e. The number of nitrogen functional groups attached to an aromatic ring is 1. The number of hydrogen-bond donors (Lipinski definition) is 2. The maximum atomic E-state index is 11.2. The van der Waals surface area contributed by atoms with Crippen LogP contribution in [0, 0.1) is 0 Å². The Kier molecular flexibility index (Phi) is 4.08.